The van der Waals surface area contributed by atoms with Gasteiger partial charge in [0.2, 0.25) is 0 Å². The lowest BCUT2D eigenvalue weighted by Gasteiger charge is -2.41. The zero-order chi connectivity index (χ0) is 11.1. The maximum Gasteiger partial charge on any atom is 0.292 e. The molecule has 1 aliphatic carbocycles. The molecule has 1 aromatic rings. The molecule has 0 aliphatic heterocycles. The molecular formula is C9H12N4O2. The number of hydrogen-bond donors (Lipinski definition) is 2. The maximum absolute atomic E-state index is 10.8. The highest BCUT2D eigenvalue weighted by Crippen LogP contribution is 2.40. The van der Waals surface area contributed by atoms with Gasteiger partial charge in [-0.3, -0.25) is 15.1 Å². The van der Waals surface area contributed by atoms with Crippen molar-refractivity contribution in [1.29, 1.82) is 0 Å². The van der Waals surface area contributed by atoms with Crippen molar-refractivity contribution in [3.63, 3.8) is 0 Å². The van der Waals surface area contributed by atoms with Crippen molar-refractivity contribution in [2.75, 3.05) is 0 Å². The molecule has 6 heteroatoms. The first-order valence-electron chi connectivity index (χ1n) is 4.67. The summed E-state index contributed by atoms with van der Waals surface area (Å²) < 4.78 is 0. The molecule has 1 aromatic heterocycles. The molecule has 0 atom stereocenters. The zero-order valence-electron chi connectivity index (χ0n) is 8.09. The van der Waals surface area contributed by atoms with E-state index in [1.165, 1.54) is 18.3 Å². The Morgan fingerprint density at radius 3 is 2.80 bits per heavy atom. The van der Waals surface area contributed by atoms with Crippen molar-refractivity contribution in [2.45, 2.75) is 24.4 Å². The Morgan fingerprint density at radius 2 is 2.27 bits per heavy atom. The number of nitrogens with zero attached hydrogens (tertiary/aromatic N) is 2. The van der Waals surface area contributed by atoms with E-state index >= 15 is 0 Å². The molecule has 0 unspecified atom stereocenters. The molecule has 0 aromatic carbocycles. The Balaban J connectivity index is 2.40. The summed E-state index contributed by atoms with van der Waals surface area (Å²) in [6.45, 7) is 0. The van der Waals surface area contributed by atoms with Gasteiger partial charge in [-0.05, 0) is 18.9 Å². The van der Waals surface area contributed by atoms with Crippen LogP contribution in [0.25, 0.3) is 0 Å². The van der Waals surface area contributed by atoms with Gasteiger partial charge in [-0.2, -0.15) is 0 Å². The Morgan fingerprint density at radius 1 is 1.60 bits per heavy atom. The largest absolute Gasteiger partial charge is 0.328 e. The molecule has 1 aliphatic rings. The fourth-order valence-electron chi connectivity index (χ4n) is 2.00. The monoisotopic (exact) mass is 208 g/mol. The predicted molar refractivity (Wildman–Crippen MR) is 54.0 cm³/mol. The van der Waals surface area contributed by atoms with Crippen LogP contribution in [0.3, 0.4) is 0 Å². The van der Waals surface area contributed by atoms with Crippen LogP contribution in [0.4, 0.5) is 5.69 Å². The first-order chi connectivity index (χ1) is 7.03. The Labute approximate surface area is 86.4 Å². The summed E-state index contributed by atoms with van der Waals surface area (Å²) in [7, 11) is 0. The van der Waals surface area contributed by atoms with Crippen molar-refractivity contribution in [3.8, 4) is 0 Å². The van der Waals surface area contributed by atoms with E-state index in [1.54, 1.807) is 0 Å². The standard InChI is InChI=1S/C9H12N4O2/c10-6-4-9(11,5-6)8-7(13(14)15)2-1-3-12-8/h1-3,6H,4-5,10-11H2. The van der Waals surface area contributed by atoms with Gasteiger partial charge in [-0.15, -0.1) is 0 Å². The summed E-state index contributed by atoms with van der Waals surface area (Å²) in [4.78, 5) is 14.3. The minimum atomic E-state index is -0.719. The third-order valence-electron chi connectivity index (χ3n) is 2.71. The minimum absolute atomic E-state index is 0.0214. The predicted octanol–water partition coefficient (Wildman–Crippen LogP) is 0.265. The van der Waals surface area contributed by atoms with Crippen molar-refractivity contribution in [1.82, 2.24) is 4.98 Å². The van der Waals surface area contributed by atoms with Crippen LogP contribution in [0.15, 0.2) is 18.3 Å². The van der Waals surface area contributed by atoms with Gasteiger partial charge in [-0.25, -0.2) is 0 Å². The molecule has 2 rings (SSSR count). The molecule has 15 heavy (non-hydrogen) atoms. The molecule has 4 N–H and O–H groups in total. The van der Waals surface area contributed by atoms with Crippen molar-refractivity contribution in [2.24, 2.45) is 11.5 Å². The van der Waals surface area contributed by atoms with E-state index in [2.05, 4.69) is 4.98 Å². The van der Waals surface area contributed by atoms with Gasteiger partial charge in [0.25, 0.3) is 5.69 Å². The van der Waals surface area contributed by atoms with E-state index in [0.717, 1.165) is 0 Å². The average molecular weight is 208 g/mol. The molecule has 0 radical (unpaired) electrons. The van der Waals surface area contributed by atoms with Gasteiger partial charge >= 0.3 is 0 Å². The van der Waals surface area contributed by atoms with E-state index in [4.69, 9.17) is 11.5 Å². The highest BCUT2D eigenvalue weighted by Gasteiger charge is 2.45. The molecule has 6 nitrogen and oxygen atoms in total. The van der Waals surface area contributed by atoms with Gasteiger partial charge in [0.15, 0.2) is 0 Å². The topological polar surface area (TPSA) is 108 Å². The van der Waals surface area contributed by atoms with Crippen LogP contribution in [-0.4, -0.2) is 15.9 Å². The Bertz CT molecular complexity index is 401. The van der Waals surface area contributed by atoms with Crippen LogP contribution in [0, 0.1) is 10.1 Å². The number of rotatable bonds is 2. The molecule has 0 bridgehead atoms. The van der Waals surface area contributed by atoms with E-state index in [0.29, 0.717) is 18.5 Å². The molecule has 80 valence electrons. The summed E-state index contributed by atoms with van der Waals surface area (Å²) >= 11 is 0. The number of aromatic nitrogens is 1. The lowest BCUT2D eigenvalue weighted by atomic mass is 9.71. The normalized spacial score (nSPS) is 29.6. The second kappa shape index (κ2) is 3.25. The van der Waals surface area contributed by atoms with Gasteiger partial charge in [0, 0.05) is 18.3 Å². The van der Waals surface area contributed by atoms with Crippen LogP contribution < -0.4 is 11.5 Å². The number of nitro groups is 1. The van der Waals surface area contributed by atoms with E-state index < -0.39 is 10.5 Å². The van der Waals surface area contributed by atoms with Crippen molar-refractivity contribution < 1.29 is 4.92 Å². The number of nitrogens with two attached hydrogens (primary N) is 2. The Hall–Kier alpha value is -1.53. The summed E-state index contributed by atoms with van der Waals surface area (Å²) in [5, 5.41) is 10.8. The highest BCUT2D eigenvalue weighted by molar-refractivity contribution is 5.41. The van der Waals surface area contributed by atoms with Crippen LogP contribution in [-0.2, 0) is 5.54 Å². The quantitative estimate of drug-likeness (QED) is 0.535. The molecule has 0 amide bonds. The molecule has 1 fully saturated rings. The summed E-state index contributed by atoms with van der Waals surface area (Å²) in [5.41, 5.74) is 11.2. The molecule has 1 saturated carbocycles. The molecule has 1 heterocycles. The summed E-state index contributed by atoms with van der Waals surface area (Å²) in [6, 6.07) is 2.97. The second-order valence-corrected chi connectivity index (χ2v) is 3.95. The summed E-state index contributed by atoms with van der Waals surface area (Å²) in [5.74, 6) is 0. The van der Waals surface area contributed by atoms with Crippen LogP contribution in [0.2, 0.25) is 0 Å². The highest BCUT2D eigenvalue weighted by atomic mass is 16.6. The first-order valence-corrected chi connectivity index (χ1v) is 4.67. The summed E-state index contributed by atoms with van der Waals surface area (Å²) in [6.07, 6.45) is 2.61. The van der Waals surface area contributed by atoms with E-state index in [1.807, 2.05) is 0 Å². The molecule has 0 spiro atoms. The van der Waals surface area contributed by atoms with Crippen LogP contribution in [0.5, 0.6) is 0 Å². The smallest absolute Gasteiger partial charge is 0.292 e. The third-order valence-corrected chi connectivity index (χ3v) is 2.71. The second-order valence-electron chi connectivity index (χ2n) is 3.95. The van der Waals surface area contributed by atoms with E-state index in [-0.39, 0.29) is 11.7 Å². The van der Waals surface area contributed by atoms with Gasteiger partial charge < -0.3 is 11.5 Å². The van der Waals surface area contributed by atoms with Crippen molar-refractivity contribution >= 4 is 5.69 Å². The average Bonchev–Trinajstić information content (AvgIpc) is 2.15. The van der Waals surface area contributed by atoms with E-state index in [9.17, 15) is 10.1 Å². The van der Waals surface area contributed by atoms with Gasteiger partial charge in [-0.1, -0.05) is 0 Å². The molecular weight excluding hydrogens is 196 g/mol. The number of pyridine rings is 1. The lowest BCUT2D eigenvalue weighted by Crippen LogP contribution is -2.55. The number of hydrogen-bond acceptors (Lipinski definition) is 5. The Kier molecular flexibility index (Phi) is 2.17. The van der Waals surface area contributed by atoms with Crippen LogP contribution >= 0.6 is 0 Å². The van der Waals surface area contributed by atoms with Gasteiger partial charge in [0.1, 0.15) is 5.69 Å². The molecule has 0 saturated heterocycles. The maximum atomic E-state index is 10.8. The van der Waals surface area contributed by atoms with Gasteiger partial charge in [0.05, 0.1) is 10.5 Å². The third kappa shape index (κ3) is 1.57. The fourth-order valence-corrected chi connectivity index (χ4v) is 2.00. The SMILES string of the molecule is NC1CC(N)(c2ncccc2[N+](=O)[O-])C1. The first kappa shape index (κ1) is 10.0. The van der Waals surface area contributed by atoms with Crippen molar-refractivity contribution in [3.05, 3.63) is 34.1 Å². The fraction of sp³-hybridized carbons (Fsp3) is 0.444. The minimum Gasteiger partial charge on any atom is -0.328 e. The zero-order valence-corrected chi connectivity index (χ0v) is 8.09. The van der Waals surface area contributed by atoms with Crippen LogP contribution in [0.1, 0.15) is 18.5 Å². The lowest BCUT2D eigenvalue weighted by molar-refractivity contribution is -0.386.